The van der Waals surface area contributed by atoms with E-state index in [1.165, 1.54) is 83.5 Å². The Morgan fingerprint density at radius 1 is 0.654 bits per heavy atom. The molecule has 0 atom stereocenters. The summed E-state index contributed by atoms with van der Waals surface area (Å²) in [5.74, 6) is -0.903. The van der Waals surface area contributed by atoms with Crippen LogP contribution in [0.5, 0.6) is 0 Å². The second-order valence-electron chi connectivity index (χ2n) is 6.52. The van der Waals surface area contributed by atoms with Gasteiger partial charge >= 0.3 is 23.1 Å². The Balaban J connectivity index is -0.000000772. The van der Waals surface area contributed by atoms with E-state index >= 15 is 0 Å². The van der Waals surface area contributed by atoms with Crippen molar-refractivity contribution < 1.29 is 29.1 Å². The van der Waals surface area contributed by atoms with Crippen LogP contribution in [-0.2, 0) is 9.36 Å². The molecule has 0 N–H and O–H groups in total. The molecule has 0 aromatic heterocycles. The molecule has 0 aromatic carbocycles. The van der Waals surface area contributed by atoms with Gasteiger partial charge < -0.3 is 29.1 Å². The van der Waals surface area contributed by atoms with Crippen LogP contribution >= 0.6 is 7.82 Å². The Hall–Kier alpha value is 0.346. The molecule has 0 aliphatic heterocycles. The van der Waals surface area contributed by atoms with Crippen molar-refractivity contribution in [3.8, 4) is 0 Å². The number of hydrogen-bond acceptors (Lipinski definition) is 6. The molecule has 152 valence electrons. The molecule has 0 bridgehead atoms. The predicted octanol–water partition coefficient (Wildman–Crippen LogP) is 1.79. The first-order valence-corrected chi connectivity index (χ1v) is 11.2. The molecule has 0 rings (SSSR count). The molecular weight excluding hydrogens is 367 g/mol. The monoisotopic (exact) mass is 402 g/mol. The molecule has 0 amide bonds. The molecule has 8 heteroatoms. The van der Waals surface area contributed by atoms with Crippen molar-refractivity contribution in [3.05, 3.63) is 0 Å². The van der Waals surface area contributed by atoms with Gasteiger partial charge in [0.2, 0.25) is 0 Å². The first kappa shape index (κ1) is 31.1. The van der Waals surface area contributed by atoms with Gasteiger partial charge in [-0.3, -0.25) is 0 Å². The van der Waals surface area contributed by atoms with Crippen LogP contribution < -0.4 is 19.8 Å². The van der Waals surface area contributed by atoms with E-state index in [1.54, 1.807) is 0 Å². The molecule has 0 unspecified atom stereocenters. The average molecular weight is 403 g/mol. The van der Waals surface area contributed by atoms with Crippen LogP contribution in [0.3, 0.4) is 0 Å². The van der Waals surface area contributed by atoms with Crippen molar-refractivity contribution >= 4 is 36.8 Å². The Morgan fingerprint density at radius 3 is 1.12 bits per heavy atom. The number of carbonyl (C=O) groups is 1. The second-order valence-corrected chi connectivity index (χ2v) is 7.41. The Kier molecular flexibility index (Phi) is 27.9. The van der Waals surface area contributed by atoms with Gasteiger partial charge in [0.05, 0.1) is 0 Å². The molecule has 0 fully saturated rings. The summed E-state index contributed by atoms with van der Waals surface area (Å²) in [7, 11) is -5.39. The van der Waals surface area contributed by atoms with Crippen molar-refractivity contribution in [1.82, 2.24) is 0 Å². The molecule has 0 heterocycles. The van der Waals surface area contributed by atoms with Crippen molar-refractivity contribution in [2.45, 2.75) is 110 Å². The van der Waals surface area contributed by atoms with Gasteiger partial charge in [-0.05, 0) is 12.8 Å². The van der Waals surface area contributed by atoms with Crippen LogP contribution in [0.4, 0.5) is 0 Å². The first-order chi connectivity index (χ1) is 11.8. The van der Waals surface area contributed by atoms with E-state index in [-0.39, 0.29) is 29.5 Å². The van der Waals surface area contributed by atoms with Crippen molar-refractivity contribution in [1.29, 1.82) is 0 Å². The van der Waals surface area contributed by atoms with Crippen LogP contribution in [0, 0.1) is 0 Å². The molecule has 0 aliphatic rings. The molecular formula is C18H35MgO6P-2. The maximum Gasteiger partial charge on any atom is 2.00 e. The molecule has 0 aromatic rings. The summed E-state index contributed by atoms with van der Waals surface area (Å²) in [5, 5.41) is 10.2. The Labute approximate surface area is 175 Å². The summed E-state index contributed by atoms with van der Waals surface area (Å²) < 4.78 is 8.55. The fraction of sp³-hybridized carbons (Fsp3) is 0.944. The van der Waals surface area contributed by atoms with Crippen LogP contribution in [-0.4, -0.2) is 29.0 Å². The normalized spacial score (nSPS) is 10.6. The number of hydrogen-bond donors (Lipinski definition) is 0. The minimum absolute atomic E-state index is 0. The largest absolute Gasteiger partial charge is 2.00 e. The van der Waals surface area contributed by atoms with Crippen LogP contribution in [0.25, 0.3) is 0 Å². The van der Waals surface area contributed by atoms with Gasteiger partial charge in [0.25, 0.3) is 0 Å². The zero-order chi connectivity index (χ0) is 19.4. The summed E-state index contributed by atoms with van der Waals surface area (Å²) in [6, 6.07) is 0. The smallest absolute Gasteiger partial charge is 0.822 e. The van der Waals surface area contributed by atoms with E-state index in [1.807, 2.05) is 0 Å². The van der Waals surface area contributed by atoms with Crippen molar-refractivity contribution in [2.75, 3.05) is 0 Å². The third-order valence-corrected chi connectivity index (χ3v) is 3.98. The fourth-order valence-electron chi connectivity index (χ4n) is 2.64. The van der Waals surface area contributed by atoms with Gasteiger partial charge in [-0.1, -0.05) is 96.8 Å². The zero-order valence-corrected chi connectivity index (χ0v) is 18.7. The number of carboxylic acids is 1. The SMILES string of the molecule is CCCCCCCCCCCCCCCCCC(=O)[O-].O=P([O-])([O-])[O-].[Mg+2]. The number of rotatable bonds is 16. The number of aliphatic carboxylic acids is 1. The quantitative estimate of drug-likeness (QED) is 0.220. The molecule has 0 saturated carbocycles. The minimum atomic E-state index is -5.39. The van der Waals surface area contributed by atoms with Gasteiger partial charge in [-0.2, -0.15) is 7.82 Å². The van der Waals surface area contributed by atoms with E-state index in [9.17, 15) is 9.90 Å². The molecule has 0 spiro atoms. The topological polar surface area (TPSA) is 126 Å². The van der Waals surface area contributed by atoms with E-state index in [2.05, 4.69) is 6.92 Å². The summed E-state index contributed by atoms with van der Waals surface area (Å²) in [6.07, 6.45) is 19.9. The number of phosphoric acid groups is 1. The maximum atomic E-state index is 10.2. The third-order valence-electron chi connectivity index (χ3n) is 3.98. The van der Waals surface area contributed by atoms with E-state index in [4.69, 9.17) is 19.2 Å². The van der Waals surface area contributed by atoms with Crippen LogP contribution in [0.2, 0.25) is 0 Å². The minimum Gasteiger partial charge on any atom is -0.822 e. The van der Waals surface area contributed by atoms with Gasteiger partial charge in [0, 0.05) is 5.97 Å². The van der Waals surface area contributed by atoms with Crippen LogP contribution in [0.1, 0.15) is 110 Å². The average Bonchev–Trinajstić information content (AvgIpc) is 2.49. The Bertz CT molecular complexity index is 327. The second kappa shape index (κ2) is 23.4. The first-order valence-electron chi connectivity index (χ1n) is 9.70. The summed E-state index contributed by atoms with van der Waals surface area (Å²) in [5.41, 5.74) is 0. The van der Waals surface area contributed by atoms with Gasteiger partial charge in [0.1, 0.15) is 0 Å². The number of carboxylic acid groups (broad SMARTS) is 1. The molecule has 0 aliphatic carbocycles. The van der Waals surface area contributed by atoms with Gasteiger partial charge in [-0.25, -0.2) is 0 Å². The van der Waals surface area contributed by atoms with Crippen molar-refractivity contribution in [2.24, 2.45) is 0 Å². The van der Waals surface area contributed by atoms with E-state index in [0.717, 1.165) is 12.8 Å². The number of carbonyl (C=O) groups excluding carboxylic acids is 1. The number of unbranched alkanes of at least 4 members (excludes halogenated alkanes) is 14. The summed E-state index contributed by atoms with van der Waals surface area (Å²) in [6.45, 7) is 2.27. The summed E-state index contributed by atoms with van der Waals surface area (Å²) in [4.78, 5) is 35.9. The molecule has 26 heavy (non-hydrogen) atoms. The van der Waals surface area contributed by atoms with Gasteiger partial charge in [-0.15, -0.1) is 0 Å². The fourth-order valence-corrected chi connectivity index (χ4v) is 2.64. The van der Waals surface area contributed by atoms with Crippen molar-refractivity contribution in [3.63, 3.8) is 0 Å². The summed E-state index contributed by atoms with van der Waals surface area (Å²) >= 11 is 0. The van der Waals surface area contributed by atoms with E-state index in [0.29, 0.717) is 0 Å². The molecule has 0 radical (unpaired) electrons. The maximum absolute atomic E-state index is 10.2. The standard InChI is InChI=1S/C18H36O2.Mg.H3O4P/c1-2-3-4-5-6-7-8-9-10-11-12-13-14-15-16-17-18(19)20;;1-5(2,3)4/h2-17H2,1H3,(H,19,20);;(H3,1,2,3,4)/q;+2;/p-4. The van der Waals surface area contributed by atoms with E-state index < -0.39 is 13.8 Å². The zero-order valence-electron chi connectivity index (χ0n) is 16.4. The van der Waals surface area contributed by atoms with Gasteiger partial charge in [0.15, 0.2) is 0 Å². The molecule has 0 saturated heterocycles. The molecule has 6 nitrogen and oxygen atoms in total. The van der Waals surface area contributed by atoms with Crippen LogP contribution in [0.15, 0.2) is 0 Å². The predicted molar refractivity (Wildman–Crippen MR) is 97.9 cm³/mol. The Morgan fingerprint density at radius 2 is 0.885 bits per heavy atom. The third kappa shape index (κ3) is 44.1.